The third kappa shape index (κ3) is 3.49. The van der Waals surface area contributed by atoms with Crippen LogP contribution in [0.3, 0.4) is 0 Å². The molecule has 0 unspecified atom stereocenters. The molecule has 0 spiro atoms. The van der Waals surface area contributed by atoms with Crippen molar-refractivity contribution in [2.75, 3.05) is 18.5 Å². The van der Waals surface area contributed by atoms with Gasteiger partial charge in [-0.1, -0.05) is 37.6 Å². The molecule has 0 aliphatic carbocycles. The van der Waals surface area contributed by atoms with Gasteiger partial charge in [-0.2, -0.15) is 0 Å². The Morgan fingerprint density at radius 2 is 2.09 bits per heavy atom. The molecule has 2 aromatic rings. The number of fused-ring (bicyclic) bond motifs is 1. The standard InChI is InChI=1S/C20H24FNO/c1-3-6-16-11-10-15(13-18(16)21)14-23-19-9-4-7-17-8-5-12-22(2)20(17)19/h4,7,9-11,13H,3,5-6,8,12,14H2,1-2H3. The van der Waals surface area contributed by atoms with Crippen LogP contribution in [0, 0.1) is 5.82 Å². The molecule has 0 radical (unpaired) electrons. The van der Waals surface area contributed by atoms with Gasteiger partial charge in [-0.3, -0.25) is 0 Å². The van der Waals surface area contributed by atoms with Crippen LogP contribution in [-0.2, 0) is 19.4 Å². The highest BCUT2D eigenvalue weighted by Crippen LogP contribution is 2.35. The summed E-state index contributed by atoms with van der Waals surface area (Å²) >= 11 is 0. The highest BCUT2D eigenvalue weighted by Gasteiger charge is 2.18. The molecule has 3 heteroatoms. The molecule has 1 aliphatic heterocycles. The van der Waals surface area contributed by atoms with Crippen molar-refractivity contribution in [3.05, 3.63) is 58.9 Å². The van der Waals surface area contributed by atoms with Gasteiger partial charge in [-0.15, -0.1) is 0 Å². The summed E-state index contributed by atoms with van der Waals surface area (Å²) < 4.78 is 20.0. The smallest absolute Gasteiger partial charge is 0.143 e. The van der Waals surface area contributed by atoms with Crippen molar-refractivity contribution in [2.24, 2.45) is 0 Å². The molecule has 0 saturated carbocycles. The van der Waals surface area contributed by atoms with Gasteiger partial charge in [-0.05, 0) is 48.1 Å². The zero-order valence-corrected chi connectivity index (χ0v) is 13.9. The molecule has 2 nitrogen and oxygen atoms in total. The van der Waals surface area contributed by atoms with Crippen LogP contribution in [-0.4, -0.2) is 13.6 Å². The second-order valence-electron chi connectivity index (χ2n) is 6.25. The molecule has 23 heavy (non-hydrogen) atoms. The SMILES string of the molecule is CCCc1ccc(COc2cccc3c2N(C)CCC3)cc1F. The van der Waals surface area contributed by atoms with E-state index in [1.54, 1.807) is 6.07 Å². The van der Waals surface area contributed by atoms with E-state index in [0.717, 1.165) is 42.7 Å². The minimum atomic E-state index is -0.125. The molecule has 2 aromatic carbocycles. The fraction of sp³-hybridized carbons (Fsp3) is 0.400. The Balaban J connectivity index is 1.75. The normalized spacial score (nSPS) is 13.8. The van der Waals surface area contributed by atoms with Crippen molar-refractivity contribution in [3.8, 4) is 5.75 Å². The van der Waals surface area contributed by atoms with Gasteiger partial charge in [0.2, 0.25) is 0 Å². The zero-order valence-electron chi connectivity index (χ0n) is 13.9. The molecule has 1 heterocycles. The van der Waals surface area contributed by atoms with Gasteiger partial charge in [0.1, 0.15) is 18.2 Å². The average molecular weight is 313 g/mol. The molecule has 0 bridgehead atoms. The number of anilines is 1. The molecule has 0 saturated heterocycles. The lowest BCUT2D eigenvalue weighted by Crippen LogP contribution is -2.25. The van der Waals surface area contributed by atoms with E-state index in [-0.39, 0.29) is 5.82 Å². The monoisotopic (exact) mass is 313 g/mol. The Kier molecular flexibility index (Phi) is 4.85. The van der Waals surface area contributed by atoms with Crippen LogP contribution in [0.2, 0.25) is 0 Å². The summed E-state index contributed by atoms with van der Waals surface area (Å²) in [7, 11) is 2.10. The zero-order chi connectivity index (χ0) is 16.2. The Labute approximate surface area is 137 Å². The van der Waals surface area contributed by atoms with E-state index in [2.05, 4.69) is 24.9 Å². The average Bonchev–Trinajstić information content (AvgIpc) is 2.55. The molecule has 3 rings (SSSR count). The quantitative estimate of drug-likeness (QED) is 0.790. The first-order valence-corrected chi connectivity index (χ1v) is 8.42. The number of rotatable bonds is 5. The lowest BCUT2D eigenvalue weighted by Gasteiger charge is -2.29. The van der Waals surface area contributed by atoms with E-state index in [1.807, 2.05) is 24.3 Å². The van der Waals surface area contributed by atoms with E-state index in [1.165, 1.54) is 17.7 Å². The van der Waals surface area contributed by atoms with Crippen molar-refractivity contribution >= 4 is 5.69 Å². The van der Waals surface area contributed by atoms with Gasteiger partial charge < -0.3 is 9.64 Å². The lowest BCUT2D eigenvalue weighted by molar-refractivity contribution is 0.305. The summed E-state index contributed by atoms with van der Waals surface area (Å²) in [6.45, 7) is 3.51. The number of ether oxygens (including phenoxy) is 1. The Morgan fingerprint density at radius 3 is 2.87 bits per heavy atom. The van der Waals surface area contributed by atoms with Crippen molar-refractivity contribution in [1.82, 2.24) is 0 Å². The summed E-state index contributed by atoms with van der Waals surface area (Å²) in [6.07, 6.45) is 4.01. The summed E-state index contributed by atoms with van der Waals surface area (Å²) in [5.74, 6) is 0.767. The van der Waals surface area contributed by atoms with Crippen molar-refractivity contribution in [1.29, 1.82) is 0 Å². The minimum Gasteiger partial charge on any atom is -0.487 e. The first kappa shape index (κ1) is 15.9. The van der Waals surface area contributed by atoms with Crippen LogP contribution in [0.25, 0.3) is 0 Å². The minimum absolute atomic E-state index is 0.125. The topological polar surface area (TPSA) is 12.5 Å². The largest absolute Gasteiger partial charge is 0.487 e. The van der Waals surface area contributed by atoms with Crippen LogP contribution < -0.4 is 9.64 Å². The van der Waals surface area contributed by atoms with Crippen LogP contribution in [0.5, 0.6) is 5.75 Å². The molecule has 0 amide bonds. The summed E-state index contributed by atoms with van der Waals surface area (Å²) in [4.78, 5) is 2.25. The van der Waals surface area contributed by atoms with Crippen molar-refractivity contribution in [3.63, 3.8) is 0 Å². The molecule has 0 aromatic heterocycles. The van der Waals surface area contributed by atoms with E-state index >= 15 is 0 Å². The number of nitrogens with zero attached hydrogens (tertiary/aromatic N) is 1. The van der Waals surface area contributed by atoms with Gasteiger partial charge in [0.15, 0.2) is 0 Å². The van der Waals surface area contributed by atoms with Crippen LogP contribution in [0.15, 0.2) is 36.4 Å². The fourth-order valence-corrected chi connectivity index (χ4v) is 3.25. The van der Waals surface area contributed by atoms with E-state index in [0.29, 0.717) is 6.61 Å². The van der Waals surface area contributed by atoms with E-state index in [4.69, 9.17) is 4.74 Å². The number of hydrogen-bond acceptors (Lipinski definition) is 2. The van der Waals surface area contributed by atoms with Gasteiger partial charge in [-0.25, -0.2) is 4.39 Å². The highest BCUT2D eigenvalue weighted by atomic mass is 19.1. The van der Waals surface area contributed by atoms with Crippen LogP contribution in [0.1, 0.15) is 36.5 Å². The highest BCUT2D eigenvalue weighted by molar-refractivity contribution is 5.64. The first-order chi connectivity index (χ1) is 11.2. The first-order valence-electron chi connectivity index (χ1n) is 8.42. The van der Waals surface area contributed by atoms with Crippen molar-refractivity contribution in [2.45, 2.75) is 39.2 Å². The number of hydrogen-bond donors (Lipinski definition) is 0. The predicted octanol–water partition coefficient (Wildman–Crippen LogP) is 4.74. The van der Waals surface area contributed by atoms with Crippen LogP contribution in [0.4, 0.5) is 10.1 Å². The Bertz CT molecular complexity index is 683. The second-order valence-corrected chi connectivity index (χ2v) is 6.25. The molecule has 122 valence electrons. The molecular weight excluding hydrogens is 289 g/mol. The molecule has 1 aliphatic rings. The van der Waals surface area contributed by atoms with Gasteiger partial charge >= 0.3 is 0 Å². The number of aryl methyl sites for hydroxylation is 2. The third-order valence-electron chi connectivity index (χ3n) is 4.44. The van der Waals surface area contributed by atoms with E-state index in [9.17, 15) is 4.39 Å². The Morgan fingerprint density at radius 1 is 1.22 bits per heavy atom. The Hall–Kier alpha value is -2.03. The van der Waals surface area contributed by atoms with Crippen molar-refractivity contribution < 1.29 is 9.13 Å². The van der Waals surface area contributed by atoms with Gasteiger partial charge in [0.05, 0.1) is 5.69 Å². The second kappa shape index (κ2) is 7.03. The maximum Gasteiger partial charge on any atom is 0.143 e. The summed E-state index contributed by atoms with van der Waals surface area (Å²) in [5, 5.41) is 0. The lowest BCUT2D eigenvalue weighted by atomic mass is 10.0. The number of para-hydroxylation sites is 1. The molecule has 0 atom stereocenters. The maximum atomic E-state index is 14.0. The summed E-state index contributed by atoms with van der Waals surface area (Å²) in [6, 6.07) is 11.7. The third-order valence-corrected chi connectivity index (χ3v) is 4.44. The molecule has 0 fully saturated rings. The van der Waals surface area contributed by atoms with E-state index < -0.39 is 0 Å². The number of benzene rings is 2. The molecular formula is C20H24FNO. The fourth-order valence-electron chi connectivity index (χ4n) is 3.25. The summed E-state index contributed by atoms with van der Waals surface area (Å²) in [5.41, 5.74) is 4.18. The molecule has 0 N–H and O–H groups in total. The predicted molar refractivity (Wildman–Crippen MR) is 92.8 cm³/mol. The van der Waals surface area contributed by atoms with Crippen LogP contribution >= 0.6 is 0 Å². The maximum absolute atomic E-state index is 14.0. The van der Waals surface area contributed by atoms with Gasteiger partial charge in [0, 0.05) is 13.6 Å². The number of halogens is 1. The van der Waals surface area contributed by atoms with Gasteiger partial charge in [0.25, 0.3) is 0 Å².